The quantitative estimate of drug-likeness (QED) is 0.444. The summed E-state index contributed by atoms with van der Waals surface area (Å²) in [5.41, 5.74) is 1.20. The molecule has 1 aromatic carbocycles. The lowest BCUT2D eigenvalue weighted by atomic mass is 10.1. The fraction of sp³-hybridized carbons (Fsp3) is 0.600. The van der Waals surface area contributed by atoms with Gasteiger partial charge in [-0.1, -0.05) is 25.0 Å². The molecular weight excluding hydrogens is 286 g/mol. The molecule has 0 radical (unpaired) electrons. The Balaban J connectivity index is 1.60. The topological polar surface area (TPSA) is 21.7 Å². The van der Waals surface area contributed by atoms with E-state index in [4.69, 9.17) is 9.47 Å². The highest BCUT2D eigenvalue weighted by Crippen LogP contribution is 2.28. The first-order chi connectivity index (χ1) is 11.3. The zero-order valence-electron chi connectivity index (χ0n) is 14.6. The van der Waals surface area contributed by atoms with Crippen molar-refractivity contribution in [3.8, 4) is 11.5 Å². The summed E-state index contributed by atoms with van der Waals surface area (Å²) in [6.45, 7) is 8.43. The maximum Gasteiger partial charge on any atom is 0.161 e. The summed E-state index contributed by atoms with van der Waals surface area (Å²) in [6.07, 6.45) is 10.5. The van der Waals surface area contributed by atoms with Crippen LogP contribution in [0.3, 0.4) is 0 Å². The number of ether oxygens (including phenoxy) is 2. The molecule has 0 aliphatic carbocycles. The van der Waals surface area contributed by atoms with E-state index in [1.807, 2.05) is 18.2 Å². The van der Waals surface area contributed by atoms with Crippen molar-refractivity contribution in [2.24, 2.45) is 0 Å². The number of hydrogen-bond acceptors (Lipinski definition) is 3. The Bertz CT molecular complexity index is 467. The van der Waals surface area contributed by atoms with Crippen LogP contribution < -0.4 is 9.47 Å². The van der Waals surface area contributed by atoms with Crippen molar-refractivity contribution in [3.05, 3.63) is 36.4 Å². The molecule has 0 atom stereocenters. The molecule has 1 heterocycles. The maximum atomic E-state index is 5.88. The summed E-state index contributed by atoms with van der Waals surface area (Å²) < 4.78 is 11.3. The van der Waals surface area contributed by atoms with Crippen molar-refractivity contribution in [2.75, 3.05) is 33.4 Å². The van der Waals surface area contributed by atoms with E-state index >= 15 is 0 Å². The van der Waals surface area contributed by atoms with Gasteiger partial charge in [-0.3, -0.25) is 0 Å². The molecule has 128 valence electrons. The Hall–Kier alpha value is -1.48. The summed E-state index contributed by atoms with van der Waals surface area (Å²) in [7, 11) is 1.69. The van der Waals surface area contributed by atoms with Gasteiger partial charge in [0.2, 0.25) is 0 Å². The lowest BCUT2D eigenvalue weighted by Crippen LogP contribution is -2.20. The molecule has 0 aromatic heterocycles. The standard InChI is InChI=1S/C20H31NO2/c1-3-10-18-11-12-19(20(17-18)22-2)23-16-9-5-4-6-13-21-14-7-8-15-21/h3,11-12,17H,1,4-10,13-16H2,2H3. The number of nitrogens with zero attached hydrogens (tertiary/aromatic N) is 1. The van der Waals surface area contributed by atoms with Gasteiger partial charge < -0.3 is 14.4 Å². The first kappa shape index (κ1) is 17.9. The van der Waals surface area contributed by atoms with Crippen LogP contribution in [0.25, 0.3) is 0 Å². The van der Waals surface area contributed by atoms with Crippen molar-refractivity contribution >= 4 is 0 Å². The van der Waals surface area contributed by atoms with E-state index in [0.29, 0.717) is 0 Å². The van der Waals surface area contributed by atoms with Crippen LogP contribution in [0.2, 0.25) is 0 Å². The number of hydrogen-bond donors (Lipinski definition) is 0. The minimum Gasteiger partial charge on any atom is -0.493 e. The van der Waals surface area contributed by atoms with Crippen LogP contribution in [0.15, 0.2) is 30.9 Å². The lowest BCUT2D eigenvalue weighted by molar-refractivity contribution is 0.281. The molecule has 23 heavy (non-hydrogen) atoms. The van der Waals surface area contributed by atoms with Gasteiger partial charge in [0.1, 0.15) is 0 Å². The first-order valence-electron chi connectivity index (χ1n) is 8.96. The highest BCUT2D eigenvalue weighted by atomic mass is 16.5. The second-order valence-electron chi connectivity index (χ2n) is 6.29. The zero-order valence-corrected chi connectivity index (χ0v) is 14.6. The largest absolute Gasteiger partial charge is 0.493 e. The number of likely N-dealkylation sites (tertiary alicyclic amines) is 1. The number of methoxy groups -OCH3 is 1. The molecule has 1 aliphatic heterocycles. The minimum absolute atomic E-state index is 0.765. The summed E-state index contributed by atoms with van der Waals surface area (Å²) in [4.78, 5) is 2.59. The number of benzene rings is 1. The average molecular weight is 317 g/mol. The monoisotopic (exact) mass is 317 g/mol. The Morgan fingerprint density at radius 2 is 1.87 bits per heavy atom. The fourth-order valence-corrected chi connectivity index (χ4v) is 3.10. The first-order valence-corrected chi connectivity index (χ1v) is 8.96. The van der Waals surface area contributed by atoms with E-state index in [1.165, 1.54) is 57.3 Å². The second-order valence-corrected chi connectivity index (χ2v) is 6.29. The molecule has 3 heteroatoms. The summed E-state index contributed by atoms with van der Waals surface area (Å²) in [5.74, 6) is 1.66. The molecule has 1 fully saturated rings. The second kappa shape index (κ2) is 10.3. The van der Waals surface area contributed by atoms with Crippen LogP contribution in [0, 0.1) is 0 Å². The van der Waals surface area contributed by atoms with Gasteiger partial charge in [0.05, 0.1) is 13.7 Å². The Labute approximate surface area is 141 Å². The van der Waals surface area contributed by atoms with E-state index < -0.39 is 0 Å². The third kappa shape index (κ3) is 6.26. The lowest BCUT2D eigenvalue weighted by Gasteiger charge is -2.14. The van der Waals surface area contributed by atoms with Gasteiger partial charge in [-0.2, -0.15) is 0 Å². The number of unbranched alkanes of at least 4 members (excludes halogenated alkanes) is 3. The van der Waals surface area contributed by atoms with Gasteiger partial charge in [0.15, 0.2) is 11.5 Å². The van der Waals surface area contributed by atoms with E-state index in [-0.39, 0.29) is 0 Å². The minimum atomic E-state index is 0.765. The van der Waals surface area contributed by atoms with Gasteiger partial charge in [-0.05, 0) is 69.4 Å². The SMILES string of the molecule is C=CCc1ccc(OCCCCCCN2CCCC2)c(OC)c1. The number of rotatable bonds is 11. The van der Waals surface area contributed by atoms with Crippen molar-refractivity contribution in [1.82, 2.24) is 4.90 Å². The van der Waals surface area contributed by atoms with Gasteiger partial charge in [-0.15, -0.1) is 6.58 Å². The Morgan fingerprint density at radius 1 is 1.09 bits per heavy atom. The van der Waals surface area contributed by atoms with Crippen LogP contribution in [0.5, 0.6) is 11.5 Å². The van der Waals surface area contributed by atoms with E-state index in [1.54, 1.807) is 7.11 Å². The smallest absolute Gasteiger partial charge is 0.161 e. The summed E-state index contributed by atoms with van der Waals surface area (Å²) in [5, 5.41) is 0. The summed E-state index contributed by atoms with van der Waals surface area (Å²) in [6, 6.07) is 6.12. The van der Waals surface area contributed by atoms with Crippen LogP contribution >= 0.6 is 0 Å². The molecule has 0 amide bonds. The Kier molecular flexibility index (Phi) is 8.02. The van der Waals surface area contributed by atoms with Crippen LogP contribution in [-0.4, -0.2) is 38.3 Å². The molecule has 0 spiro atoms. The predicted octanol–water partition coefficient (Wildman–Crippen LogP) is 4.46. The highest BCUT2D eigenvalue weighted by molar-refractivity contribution is 5.43. The fourth-order valence-electron chi connectivity index (χ4n) is 3.10. The molecule has 1 saturated heterocycles. The van der Waals surface area contributed by atoms with Crippen molar-refractivity contribution in [1.29, 1.82) is 0 Å². The molecular formula is C20H31NO2. The number of allylic oxidation sites excluding steroid dienone is 1. The van der Waals surface area contributed by atoms with Crippen LogP contribution in [0.4, 0.5) is 0 Å². The van der Waals surface area contributed by atoms with Crippen molar-refractivity contribution in [2.45, 2.75) is 44.9 Å². The third-order valence-electron chi connectivity index (χ3n) is 4.43. The van der Waals surface area contributed by atoms with Crippen molar-refractivity contribution in [3.63, 3.8) is 0 Å². The molecule has 3 nitrogen and oxygen atoms in total. The molecule has 2 rings (SSSR count). The molecule has 0 bridgehead atoms. The van der Waals surface area contributed by atoms with E-state index in [0.717, 1.165) is 30.9 Å². The normalized spacial score (nSPS) is 14.8. The van der Waals surface area contributed by atoms with E-state index in [9.17, 15) is 0 Å². The highest BCUT2D eigenvalue weighted by Gasteiger charge is 2.10. The summed E-state index contributed by atoms with van der Waals surface area (Å²) >= 11 is 0. The van der Waals surface area contributed by atoms with E-state index in [2.05, 4.69) is 17.5 Å². The maximum absolute atomic E-state index is 5.88. The molecule has 1 aromatic rings. The average Bonchev–Trinajstić information content (AvgIpc) is 3.08. The van der Waals surface area contributed by atoms with Gasteiger partial charge in [0.25, 0.3) is 0 Å². The van der Waals surface area contributed by atoms with Crippen molar-refractivity contribution < 1.29 is 9.47 Å². The molecule has 0 N–H and O–H groups in total. The zero-order chi connectivity index (χ0) is 16.3. The predicted molar refractivity (Wildman–Crippen MR) is 96.5 cm³/mol. The van der Waals surface area contributed by atoms with Crippen LogP contribution in [-0.2, 0) is 6.42 Å². The molecule has 0 unspecified atom stereocenters. The van der Waals surface area contributed by atoms with Gasteiger partial charge >= 0.3 is 0 Å². The van der Waals surface area contributed by atoms with Crippen LogP contribution in [0.1, 0.15) is 44.1 Å². The molecule has 0 saturated carbocycles. The molecule has 1 aliphatic rings. The Morgan fingerprint density at radius 3 is 2.61 bits per heavy atom. The van der Waals surface area contributed by atoms with Gasteiger partial charge in [-0.25, -0.2) is 0 Å². The van der Waals surface area contributed by atoms with Gasteiger partial charge in [0, 0.05) is 0 Å². The third-order valence-corrected chi connectivity index (χ3v) is 4.43.